The smallest absolute Gasteiger partial charge is 0.329 e. The van der Waals surface area contributed by atoms with Crippen molar-refractivity contribution in [2.45, 2.75) is 0 Å². The summed E-state index contributed by atoms with van der Waals surface area (Å²) in [6.45, 7) is -0.979. The summed E-state index contributed by atoms with van der Waals surface area (Å²) in [5, 5.41) is 13.8. The van der Waals surface area contributed by atoms with Crippen LogP contribution < -0.4 is 20.1 Å². The summed E-state index contributed by atoms with van der Waals surface area (Å²) in [5.41, 5.74) is 1.08. The van der Waals surface area contributed by atoms with E-state index in [4.69, 9.17) is 14.6 Å². The van der Waals surface area contributed by atoms with Crippen LogP contribution in [-0.2, 0) is 14.4 Å². The normalized spacial score (nSPS) is 14.4. The summed E-state index contributed by atoms with van der Waals surface area (Å²) in [4.78, 5) is 47.4. The van der Waals surface area contributed by atoms with E-state index in [-0.39, 0.29) is 18.2 Å². The van der Waals surface area contributed by atoms with E-state index in [0.717, 1.165) is 0 Å². The van der Waals surface area contributed by atoms with Crippen molar-refractivity contribution < 1.29 is 33.8 Å². The second-order valence-corrected chi connectivity index (χ2v) is 6.39. The first-order valence-corrected chi connectivity index (χ1v) is 9.09. The number of amides is 4. The minimum absolute atomic E-state index is 0.0655. The van der Waals surface area contributed by atoms with Gasteiger partial charge in [-0.2, -0.15) is 0 Å². The Morgan fingerprint density at radius 2 is 1.87 bits per heavy atom. The topological polar surface area (TPSA) is 134 Å². The van der Waals surface area contributed by atoms with Crippen molar-refractivity contribution in [3.63, 3.8) is 0 Å². The van der Waals surface area contributed by atoms with Gasteiger partial charge < -0.3 is 25.2 Å². The predicted octanol–water partition coefficient (Wildman–Crippen LogP) is 1.69. The molecular weight excluding hydrogens is 406 g/mol. The first-order chi connectivity index (χ1) is 14.9. The van der Waals surface area contributed by atoms with E-state index < -0.39 is 24.5 Å². The Hall–Kier alpha value is -4.34. The number of anilines is 1. The molecule has 0 radical (unpaired) electrons. The van der Waals surface area contributed by atoms with Crippen LogP contribution in [0.1, 0.15) is 5.56 Å². The highest BCUT2D eigenvalue weighted by molar-refractivity contribution is 6.15. The van der Waals surface area contributed by atoms with Crippen molar-refractivity contribution >= 4 is 35.6 Å². The minimum Gasteiger partial charge on any atom is -0.493 e. The molecule has 3 N–H and O–H groups in total. The lowest BCUT2D eigenvalue weighted by molar-refractivity contribution is -0.140. The average molecular weight is 425 g/mol. The summed E-state index contributed by atoms with van der Waals surface area (Å²) < 4.78 is 10.8. The predicted molar refractivity (Wildman–Crippen MR) is 109 cm³/mol. The first kappa shape index (κ1) is 21.4. The van der Waals surface area contributed by atoms with Gasteiger partial charge in [0.25, 0.3) is 11.8 Å². The zero-order valence-electron chi connectivity index (χ0n) is 16.5. The van der Waals surface area contributed by atoms with Gasteiger partial charge in [-0.15, -0.1) is 0 Å². The van der Waals surface area contributed by atoms with Gasteiger partial charge in [-0.05, 0) is 35.9 Å². The van der Waals surface area contributed by atoms with Crippen molar-refractivity contribution in [3.05, 3.63) is 59.8 Å². The van der Waals surface area contributed by atoms with Crippen molar-refractivity contribution in [3.8, 4) is 11.5 Å². The summed E-state index contributed by atoms with van der Waals surface area (Å²) in [7, 11) is 1.42. The monoisotopic (exact) mass is 425 g/mol. The first-order valence-electron chi connectivity index (χ1n) is 9.09. The number of ether oxygens (including phenoxy) is 2. The van der Waals surface area contributed by atoms with Crippen LogP contribution in [0.4, 0.5) is 10.5 Å². The number of rotatable bonds is 8. The van der Waals surface area contributed by atoms with E-state index in [0.29, 0.717) is 27.6 Å². The third-order valence-corrected chi connectivity index (χ3v) is 4.17. The summed E-state index contributed by atoms with van der Waals surface area (Å²) >= 11 is 0. The molecule has 2 aromatic rings. The second kappa shape index (κ2) is 9.44. The van der Waals surface area contributed by atoms with Gasteiger partial charge >= 0.3 is 12.0 Å². The molecule has 0 atom stereocenters. The van der Waals surface area contributed by atoms with Crippen LogP contribution in [0.15, 0.2) is 54.2 Å². The molecular formula is C21H19N3O7. The van der Waals surface area contributed by atoms with Crippen molar-refractivity contribution in [1.82, 2.24) is 10.2 Å². The van der Waals surface area contributed by atoms with Gasteiger partial charge in [-0.1, -0.05) is 24.3 Å². The van der Waals surface area contributed by atoms with Crippen LogP contribution in [0.5, 0.6) is 11.5 Å². The quantitative estimate of drug-likeness (QED) is 0.433. The van der Waals surface area contributed by atoms with Crippen molar-refractivity contribution in [2.24, 2.45) is 0 Å². The number of urea groups is 1. The lowest BCUT2D eigenvalue weighted by atomic mass is 10.1. The van der Waals surface area contributed by atoms with Crippen molar-refractivity contribution in [2.75, 3.05) is 25.6 Å². The summed E-state index contributed by atoms with van der Waals surface area (Å²) in [6, 6.07) is 12.8. The SMILES string of the molecule is COc1cc(/C=C2/NC(=O)N(CC(=O)O)C2=O)ccc1OCC(=O)Nc1ccccc1. The maximum absolute atomic E-state index is 12.2. The number of carbonyl (C=O) groups is 4. The van der Waals surface area contributed by atoms with Crippen LogP contribution in [-0.4, -0.2) is 54.1 Å². The molecule has 1 saturated heterocycles. The molecule has 2 aromatic carbocycles. The third-order valence-electron chi connectivity index (χ3n) is 4.17. The zero-order chi connectivity index (χ0) is 22.4. The second-order valence-electron chi connectivity index (χ2n) is 6.39. The van der Waals surface area contributed by atoms with Gasteiger partial charge in [0, 0.05) is 5.69 Å². The molecule has 160 valence electrons. The molecule has 1 fully saturated rings. The maximum Gasteiger partial charge on any atom is 0.329 e. The molecule has 0 aromatic heterocycles. The number of hydrogen-bond donors (Lipinski definition) is 3. The Morgan fingerprint density at radius 1 is 1.13 bits per heavy atom. The lowest BCUT2D eigenvalue weighted by Crippen LogP contribution is -2.35. The Morgan fingerprint density at radius 3 is 2.55 bits per heavy atom. The van der Waals surface area contributed by atoms with Crippen molar-refractivity contribution in [1.29, 1.82) is 0 Å². The van der Waals surface area contributed by atoms with E-state index >= 15 is 0 Å². The number of carboxylic acid groups (broad SMARTS) is 1. The van der Waals surface area contributed by atoms with Gasteiger partial charge in [-0.25, -0.2) is 9.69 Å². The fourth-order valence-corrected chi connectivity index (χ4v) is 2.77. The summed E-state index contributed by atoms with van der Waals surface area (Å²) in [5.74, 6) is -1.78. The number of benzene rings is 2. The molecule has 3 rings (SSSR count). The molecule has 0 bridgehead atoms. The number of carbonyl (C=O) groups excluding carboxylic acids is 3. The van der Waals surface area contributed by atoms with Crippen LogP contribution in [0.2, 0.25) is 0 Å². The molecule has 1 aliphatic rings. The van der Waals surface area contributed by atoms with Gasteiger partial charge in [0.05, 0.1) is 7.11 Å². The third kappa shape index (κ3) is 5.38. The number of hydrogen-bond acceptors (Lipinski definition) is 6. The number of methoxy groups -OCH3 is 1. The summed E-state index contributed by atoms with van der Waals surface area (Å²) in [6.07, 6.45) is 1.39. The maximum atomic E-state index is 12.2. The van der Waals surface area contributed by atoms with Crippen LogP contribution >= 0.6 is 0 Å². The van der Waals surface area contributed by atoms with Gasteiger partial charge in [0.15, 0.2) is 18.1 Å². The van der Waals surface area contributed by atoms with Crippen LogP contribution in [0.25, 0.3) is 6.08 Å². The molecule has 1 aliphatic heterocycles. The Balaban J connectivity index is 1.68. The van der Waals surface area contributed by atoms with E-state index in [1.54, 1.807) is 42.5 Å². The lowest BCUT2D eigenvalue weighted by Gasteiger charge is -2.12. The number of imide groups is 1. The van der Waals surface area contributed by atoms with Crippen LogP contribution in [0.3, 0.4) is 0 Å². The molecule has 4 amide bonds. The van der Waals surface area contributed by atoms with Crippen LogP contribution in [0, 0.1) is 0 Å². The molecule has 10 heteroatoms. The average Bonchev–Trinajstić information content (AvgIpc) is 3.00. The highest BCUT2D eigenvalue weighted by atomic mass is 16.5. The molecule has 31 heavy (non-hydrogen) atoms. The van der Waals surface area contributed by atoms with E-state index in [1.165, 1.54) is 13.2 Å². The number of carboxylic acids is 1. The number of nitrogens with zero attached hydrogens (tertiary/aromatic N) is 1. The Bertz CT molecular complexity index is 1050. The van der Waals surface area contributed by atoms with Gasteiger partial charge in [-0.3, -0.25) is 14.4 Å². The molecule has 1 heterocycles. The highest BCUT2D eigenvalue weighted by Gasteiger charge is 2.34. The molecule has 0 aliphatic carbocycles. The molecule has 0 unspecified atom stereocenters. The molecule has 0 saturated carbocycles. The number of para-hydroxylation sites is 1. The van der Waals surface area contributed by atoms with E-state index in [1.807, 2.05) is 6.07 Å². The largest absolute Gasteiger partial charge is 0.493 e. The van der Waals surface area contributed by atoms with Gasteiger partial charge in [0.1, 0.15) is 12.2 Å². The molecule has 0 spiro atoms. The van der Waals surface area contributed by atoms with E-state index in [9.17, 15) is 19.2 Å². The number of aliphatic carboxylic acids is 1. The van der Waals surface area contributed by atoms with Gasteiger partial charge in [0.2, 0.25) is 0 Å². The standard InChI is InChI=1S/C21H19N3O7/c1-30-17-10-13(9-15-20(28)24(11-19(26)27)21(29)23-15)7-8-16(17)31-12-18(25)22-14-5-3-2-4-6-14/h2-10H,11-12H2,1H3,(H,22,25)(H,23,29)(H,26,27)/b15-9+. The minimum atomic E-state index is -1.30. The fraction of sp³-hybridized carbons (Fsp3) is 0.143. The molecule has 10 nitrogen and oxygen atoms in total. The Labute approximate surface area is 177 Å². The fourth-order valence-electron chi connectivity index (χ4n) is 2.77. The number of nitrogens with one attached hydrogen (secondary N) is 2. The van der Waals surface area contributed by atoms with E-state index in [2.05, 4.69) is 10.6 Å². The Kier molecular flexibility index (Phi) is 6.51. The highest BCUT2D eigenvalue weighted by Crippen LogP contribution is 2.29. The zero-order valence-corrected chi connectivity index (χ0v) is 16.5.